The number of aryl methyl sites for hydroxylation is 1. The lowest BCUT2D eigenvalue weighted by atomic mass is 10.1. The monoisotopic (exact) mass is 493 g/mol. The molecular formula is C24H32ClN3O4S. The van der Waals surface area contributed by atoms with E-state index in [9.17, 15) is 18.0 Å². The van der Waals surface area contributed by atoms with Crippen molar-refractivity contribution in [1.29, 1.82) is 0 Å². The van der Waals surface area contributed by atoms with Gasteiger partial charge in [-0.1, -0.05) is 67.4 Å². The van der Waals surface area contributed by atoms with E-state index in [2.05, 4.69) is 5.32 Å². The summed E-state index contributed by atoms with van der Waals surface area (Å²) in [6, 6.07) is 13.4. The molecule has 0 bridgehead atoms. The number of hydrogen-bond donors (Lipinski definition) is 1. The minimum atomic E-state index is -3.81. The molecular weight excluding hydrogens is 462 g/mol. The number of carbonyl (C=O) groups is 2. The van der Waals surface area contributed by atoms with Crippen molar-refractivity contribution < 1.29 is 18.0 Å². The third-order valence-electron chi connectivity index (χ3n) is 5.17. The third kappa shape index (κ3) is 7.47. The number of carbonyl (C=O) groups excluding carboxylic acids is 2. The van der Waals surface area contributed by atoms with Gasteiger partial charge in [-0.25, -0.2) is 8.42 Å². The molecule has 0 spiro atoms. The van der Waals surface area contributed by atoms with Crippen LogP contribution in [-0.2, 0) is 26.2 Å². The van der Waals surface area contributed by atoms with Gasteiger partial charge in [0.1, 0.15) is 12.6 Å². The maximum absolute atomic E-state index is 13.5. The first-order valence-electron chi connectivity index (χ1n) is 10.9. The number of hydrogen-bond acceptors (Lipinski definition) is 4. The number of halogens is 1. The summed E-state index contributed by atoms with van der Waals surface area (Å²) in [5.41, 5.74) is 2.10. The first-order chi connectivity index (χ1) is 15.6. The quantitative estimate of drug-likeness (QED) is 0.516. The van der Waals surface area contributed by atoms with Gasteiger partial charge in [-0.15, -0.1) is 0 Å². The van der Waals surface area contributed by atoms with Crippen LogP contribution in [0.3, 0.4) is 0 Å². The van der Waals surface area contributed by atoms with Crippen LogP contribution in [0, 0.1) is 6.92 Å². The molecule has 7 nitrogen and oxygen atoms in total. The fourth-order valence-electron chi connectivity index (χ4n) is 3.54. The van der Waals surface area contributed by atoms with Crippen LogP contribution in [0.25, 0.3) is 0 Å². The molecule has 0 unspecified atom stereocenters. The molecule has 33 heavy (non-hydrogen) atoms. The smallest absolute Gasteiger partial charge is 0.244 e. The van der Waals surface area contributed by atoms with Crippen molar-refractivity contribution in [2.45, 2.75) is 46.2 Å². The van der Waals surface area contributed by atoms with E-state index in [1.54, 1.807) is 24.3 Å². The number of rotatable bonds is 11. The fraction of sp³-hybridized carbons (Fsp3) is 0.417. The van der Waals surface area contributed by atoms with Gasteiger partial charge in [-0.3, -0.25) is 13.9 Å². The Labute approximate surface area is 201 Å². The lowest BCUT2D eigenvalue weighted by Crippen LogP contribution is -2.52. The Balaban J connectivity index is 2.44. The van der Waals surface area contributed by atoms with E-state index in [1.807, 2.05) is 45.0 Å². The first kappa shape index (κ1) is 26.7. The van der Waals surface area contributed by atoms with Crippen molar-refractivity contribution in [3.63, 3.8) is 0 Å². The van der Waals surface area contributed by atoms with Crippen LogP contribution in [0.4, 0.5) is 5.69 Å². The molecule has 1 atom stereocenters. The highest BCUT2D eigenvalue weighted by Gasteiger charge is 2.32. The van der Waals surface area contributed by atoms with E-state index in [0.717, 1.165) is 28.1 Å². The second-order valence-electron chi connectivity index (χ2n) is 7.95. The maximum atomic E-state index is 13.5. The lowest BCUT2D eigenvalue weighted by molar-refractivity contribution is -0.140. The van der Waals surface area contributed by atoms with E-state index < -0.39 is 28.5 Å². The van der Waals surface area contributed by atoms with Gasteiger partial charge in [-0.05, 0) is 37.5 Å². The average Bonchev–Trinajstić information content (AvgIpc) is 2.75. The number of nitrogens with zero attached hydrogens (tertiary/aromatic N) is 2. The molecule has 0 radical (unpaired) electrons. The predicted molar refractivity (Wildman–Crippen MR) is 133 cm³/mol. The maximum Gasteiger partial charge on any atom is 0.244 e. The summed E-state index contributed by atoms with van der Waals surface area (Å²) in [4.78, 5) is 27.9. The standard InChI is InChI=1S/C24H32ClN3O4S/c1-5-14-26-24(30)21(6-2)27(16-19-11-9-10-18(3)15-19)23(29)17-28(33(4,31)32)22-13-8-7-12-20(22)25/h7-13,15,21H,5-6,14,16-17H2,1-4H3,(H,26,30)/t21-/m0/s1. The zero-order chi connectivity index (χ0) is 24.6. The van der Waals surface area contributed by atoms with Crippen molar-refractivity contribution >= 4 is 39.1 Å². The van der Waals surface area contributed by atoms with Gasteiger partial charge >= 0.3 is 0 Å². The largest absolute Gasteiger partial charge is 0.354 e. The molecule has 180 valence electrons. The average molecular weight is 494 g/mol. The predicted octanol–water partition coefficient (Wildman–Crippen LogP) is 3.75. The second kappa shape index (κ2) is 12.0. The Morgan fingerprint density at radius 3 is 2.36 bits per heavy atom. The van der Waals surface area contributed by atoms with Crippen molar-refractivity contribution in [1.82, 2.24) is 10.2 Å². The molecule has 0 fully saturated rings. The number of benzene rings is 2. The topological polar surface area (TPSA) is 86.8 Å². The van der Waals surface area contributed by atoms with Gasteiger partial charge in [0.05, 0.1) is 17.0 Å². The molecule has 2 rings (SSSR count). The Morgan fingerprint density at radius 1 is 1.09 bits per heavy atom. The number of para-hydroxylation sites is 1. The van der Waals surface area contributed by atoms with Crippen LogP contribution in [-0.4, -0.2) is 50.5 Å². The summed E-state index contributed by atoms with van der Waals surface area (Å²) >= 11 is 6.24. The van der Waals surface area contributed by atoms with Crippen LogP contribution in [0.2, 0.25) is 5.02 Å². The Kier molecular flexibility index (Phi) is 9.73. The highest BCUT2D eigenvalue weighted by atomic mass is 35.5. The van der Waals surface area contributed by atoms with Crippen LogP contribution in [0.1, 0.15) is 37.8 Å². The van der Waals surface area contributed by atoms with Gasteiger partial charge in [0.15, 0.2) is 0 Å². The lowest BCUT2D eigenvalue weighted by Gasteiger charge is -2.33. The fourth-order valence-corrected chi connectivity index (χ4v) is 4.69. The summed E-state index contributed by atoms with van der Waals surface area (Å²) in [5, 5.41) is 3.07. The molecule has 0 aliphatic rings. The van der Waals surface area contributed by atoms with Crippen molar-refractivity contribution in [3.05, 3.63) is 64.7 Å². The van der Waals surface area contributed by atoms with Gasteiger partial charge in [0.2, 0.25) is 21.8 Å². The van der Waals surface area contributed by atoms with Gasteiger partial charge in [-0.2, -0.15) is 0 Å². The second-order valence-corrected chi connectivity index (χ2v) is 10.3. The number of amides is 2. The molecule has 1 N–H and O–H groups in total. The molecule has 0 saturated heterocycles. The van der Waals surface area contributed by atoms with Gasteiger partial charge in [0.25, 0.3) is 0 Å². The Hall–Kier alpha value is -2.58. The zero-order valence-electron chi connectivity index (χ0n) is 19.5. The molecule has 2 amide bonds. The summed E-state index contributed by atoms with van der Waals surface area (Å²) in [5.74, 6) is -0.746. The number of sulfonamides is 1. The third-order valence-corrected chi connectivity index (χ3v) is 6.62. The van der Waals surface area contributed by atoms with E-state index in [4.69, 9.17) is 11.6 Å². The first-order valence-corrected chi connectivity index (χ1v) is 13.2. The molecule has 0 heterocycles. The SMILES string of the molecule is CCCNC(=O)[C@H](CC)N(Cc1cccc(C)c1)C(=O)CN(c1ccccc1Cl)S(C)(=O)=O. The molecule has 2 aromatic rings. The Morgan fingerprint density at radius 2 is 1.79 bits per heavy atom. The van der Waals surface area contributed by atoms with Crippen molar-refractivity contribution in [2.75, 3.05) is 23.7 Å². The molecule has 0 aromatic heterocycles. The molecule has 0 aliphatic heterocycles. The van der Waals surface area contributed by atoms with Crippen LogP contribution >= 0.6 is 11.6 Å². The number of nitrogens with one attached hydrogen (secondary N) is 1. The van der Waals surface area contributed by atoms with E-state index in [1.165, 1.54) is 4.90 Å². The summed E-state index contributed by atoms with van der Waals surface area (Å²) in [6.45, 7) is 5.94. The van der Waals surface area contributed by atoms with E-state index >= 15 is 0 Å². The molecule has 0 aliphatic carbocycles. The van der Waals surface area contributed by atoms with Crippen molar-refractivity contribution in [2.24, 2.45) is 0 Å². The molecule has 0 saturated carbocycles. The van der Waals surface area contributed by atoms with Gasteiger partial charge < -0.3 is 10.2 Å². The zero-order valence-corrected chi connectivity index (χ0v) is 21.1. The summed E-state index contributed by atoms with van der Waals surface area (Å²) in [7, 11) is -3.81. The minimum absolute atomic E-state index is 0.179. The molecule has 9 heteroatoms. The van der Waals surface area contributed by atoms with E-state index in [0.29, 0.717) is 13.0 Å². The molecule has 2 aromatic carbocycles. The van der Waals surface area contributed by atoms with Crippen LogP contribution in [0.15, 0.2) is 48.5 Å². The summed E-state index contributed by atoms with van der Waals surface area (Å²) in [6.07, 6.45) is 2.18. The van der Waals surface area contributed by atoms with Crippen molar-refractivity contribution in [3.8, 4) is 0 Å². The van der Waals surface area contributed by atoms with Crippen LogP contribution in [0.5, 0.6) is 0 Å². The highest BCUT2D eigenvalue weighted by molar-refractivity contribution is 7.92. The normalized spacial score (nSPS) is 12.2. The number of anilines is 1. The van der Waals surface area contributed by atoms with Crippen LogP contribution < -0.4 is 9.62 Å². The van der Waals surface area contributed by atoms with E-state index in [-0.39, 0.29) is 23.2 Å². The highest BCUT2D eigenvalue weighted by Crippen LogP contribution is 2.27. The minimum Gasteiger partial charge on any atom is -0.354 e. The Bertz CT molecular complexity index is 1070. The summed E-state index contributed by atoms with van der Waals surface area (Å²) < 4.78 is 26.1. The van der Waals surface area contributed by atoms with Gasteiger partial charge in [0, 0.05) is 13.1 Å².